The Morgan fingerprint density at radius 2 is 1.91 bits per heavy atom. The summed E-state index contributed by atoms with van der Waals surface area (Å²) in [5, 5.41) is 2.33. The van der Waals surface area contributed by atoms with E-state index in [1.165, 1.54) is 6.42 Å². The molecule has 0 spiro atoms. The van der Waals surface area contributed by atoms with Crippen molar-refractivity contribution in [2.24, 2.45) is 5.84 Å². The summed E-state index contributed by atoms with van der Waals surface area (Å²) < 4.78 is 0. The number of hydrogen-bond donors (Lipinski definition) is 1. The van der Waals surface area contributed by atoms with Gasteiger partial charge < -0.3 is 14.8 Å². The zero-order chi connectivity index (χ0) is 23.8. The maximum Gasteiger partial charge on any atom is 0.271 e. The molecular formula is C26H39ClN4O2. The van der Waals surface area contributed by atoms with E-state index in [9.17, 15) is 9.59 Å². The van der Waals surface area contributed by atoms with Gasteiger partial charge in [0.25, 0.3) is 5.91 Å². The summed E-state index contributed by atoms with van der Waals surface area (Å²) in [7, 11) is 0. The summed E-state index contributed by atoms with van der Waals surface area (Å²) in [5.74, 6) is 6.37. The molecule has 2 fully saturated rings. The number of carbonyl (C=O) groups is 2. The molecule has 2 amide bonds. The molecule has 2 N–H and O–H groups in total. The van der Waals surface area contributed by atoms with Gasteiger partial charge in [0.2, 0.25) is 5.91 Å². The number of hydrogen-bond acceptors (Lipinski definition) is 4. The van der Waals surface area contributed by atoms with Gasteiger partial charge in [0, 0.05) is 24.2 Å². The van der Waals surface area contributed by atoms with Crippen molar-refractivity contribution < 1.29 is 9.59 Å². The highest BCUT2D eigenvalue weighted by Crippen LogP contribution is 2.24. The number of carbonyl (C=O) groups excluding carboxylic acids is 2. The molecule has 1 aromatic carbocycles. The third kappa shape index (κ3) is 6.73. The summed E-state index contributed by atoms with van der Waals surface area (Å²) >= 11 is 6.00. The first-order valence-corrected chi connectivity index (χ1v) is 12.9. The van der Waals surface area contributed by atoms with E-state index in [-0.39, 0.29) is 30.4 Å². The minimum absolute atomic E-state index is 0.0156. The zero-order valence-electron chi connectivity index (χ0n) is 20.1. The largest absolute Gasteiger partial charge is 0.338 e. The Labute approximate surface area is 203 Å². The Kier molecular flexibility index (Phi) is 9.63. The number of unbranched alkanes of at least 4 members (excludes halogenated alkanes) is 2. The van der Waals surface area contributed by atoms with Crippen LogP contribution in [0, 0.1) is 0 Å². The van der Waals surface area contributed by atoms with E-state index in [0.717, 1.165) is 57.1 Å². The standard InChI is InChI=1S/C26H39ClN4O2/c1-3-5-6-10-23-18-29(19-25(32)30-17-8-7-9-22(30)4-2)26(33)24(31(23)28)16-13-20-11-14-21(27)15-12-20/h11-12,14-16,22-23H,3-10,13,17-19,28H2,1-2H3/b24-16-. The van der Waals surface area contributed by atoms with Crippen LogP contribution >= 0.6 is 11.6 Å². The summed E-state index contributed by atoms with van der Waals surface area (Å²) in [6, 6.07) is 7.90. The number of piperazine rings is 1. The number of piperidine rings is 1. The molecule has 2 saturated heterocycles. The van der Waals surface area contributed by atoms with E-state index >= 15 is 0 Å². The second-order valence-corrected chi connectivity index (χ2v) is 9.74. The number of nitrogens with zero attached hydrogens (tertiary/aromatic N) is 3. The molecule has 0 aromatic heterocycles. The highest BCUT2D eigenvalue weighted by atomic mass is 35.5. The number of hydrazine groups is 1. The van der Waals surface area contributed by atoms with Gasteiger partial charge in [0.1, 0.15) is 12.2 Å². The molecule has 0 aliphatic carbocycles. The minimum atomic E-state index is -0.156. The number of allylic oxidation sites excluding steroid dienone is 1. The van der Waals surface area contributed by atoms with Crippen molar-refractivity contribution >= 4 is 23.4 Å². The van der Waals surface area contributed by atoms with Crippen molar-refractivity contribution in [3.05, 3.63) is 46.6 Å². The molecule has 6 nitrogen and oxygen atoms in total. The first kappa shape index (κ1) is 25.6. The normalized spacial score (nSPS) is 22.8. The molecule has 2 aliphatic rings. The zero-order valence-corrected chi connectivity index (χ0v) is 20.9. The molecule has 182 valence electrons. The topological polar surface area (TPSA) is 69.9 Å². The second kappa shape index (κ2) is 12.4. The SMILES string of the molecule is CCCCCC1CN(CC(=O)N2CCCCC2CC)C(=O)/C(=C/Cc2ccc(Cl)cc2)N1N. The molecule has 0 saturated carbocycles. The smallest absolute Gasteiger partial charge is 0.271 e. The highest BCUT2D eigenvalue weighted by molar-refractivity contribution is 6.30. The molecule has 2 aliphatic heterocycles. The Hall–Kier alpha value is -2.05. The Morgan fingerprint density at radius 1 is 1.15 bits per heavy atom. The van der Waals surface area contributed by atoms with Gasteiger partial charge in [-0.1, -0.05) is 56.8 Å². The lowest BCUT2D eigenvalue weighted by molar-refractivity contribution is -0.144. The number of amides is 2. The molecule has 3 rings (SSSR count). The van der Waals surface area contributed by atoms with Gasteiger partial charge in [-0.3, -0.25) is 9.59 Å². The lowest BCUT2D eigenvalue weighted by atomic mass is 9.99. The van der Waals surface area contributed by atoms with Crippen molar-refractivity contribution in [2.45, 2.75) is 83.7 Å². The van der Waals surface area contributed by atoms with E-state index in [0.29, 0.717) is 23.7 Å². The Morgan fingerprint density at radius 3 is 2.61 bits per heavy atom. The maximum atomic E-state index is 13.4. The van der Waals surface area contributed by atoms with Crippen LogP contribution in [0.3, 0.4) is 0 Å². The predicted octanol–water partition coefficient (Wildman–Crippen LogP) is 4.52. The maximum absolute atomic E-state index is 13.4. The molecule has 1 aromatic rings. The number of rotatable bonds is 9. The molecule has 7 heteroatoms. The van der Waals surface area contributed by atoms with Crippen LogP contribution in [-0.2, 0) is 16.0 Å². The molecular weight excluding hydrogens is 436 g/mol. The van der Waals surface area contributed by atoms with Crippen molar-refractivity contribution in [3.8, 4) is 0 Å². The van der Waals surface area contributed by atoms with Crippen LogP contribution in [0.15, 0.2) is 36.0 Å². The van der Waals surface area contributed by atoms with Gasteiger partial charge in [0.15, 0.2) is 0 Å². The monoisotopic (exact) mass is 474 g/mol. The van der Waals surface area contributed by atoms with Gasteiger partial charge in [-0.05, 0) is 62.3 Å². The Bertz CT molecular complexity index is 826. The van der Waals surface area contributed by atoms with Crippen LogP contribution in [0.4, 0.5) is 0 Å². The fourth-order valence-corrected chi connectivity index (χ4v) is 5.05. The lowest BCUT2D eigenvalue weighted by Crippen LogP contribution is -2.59. The first-order valence-electron chi connectivity index (χ1n) is 12.5. The van der Waals surface area contributed by atoms with Crippen LogP contribution < -0.4 is 5.84 Å². The average Bonchev–Trinajstić information content (AvgIpc) is 2.83. The third-order valence-corrected chi connectivity index (χ3v) is 7.19. The molecule has 2 atom stereocenters. The highest BCUT2D eigenvalue weighted by Gasteiger charge is 2.36. The van der Waals surface area contributed by atoms with Crippen molar-refractivity contribution in [1.82, 2.24) is 14.8 Å². The molecule has 0 radical (unpaired) electrons. The van der Waals surface area contributed by atoms with Gasteiger partial charge >= 0.3 is 0 Å². The summed E-state index contributed by atoms with van der Waals surface area (Å²) in [6.07, 6.45) is 10.9. The quantitative estimate of drug-likeness (QED) is 0.324. The second-order valence-electron chi connectivity index (χ2n) is 9.31. The first-order chi connectivity index (χ1) is 15.9. The van der Waals surface area contributed by atoms with E-state index in [2.05, 4.69) is 13.8 Å². The minimum Gasteiger partial charge on any atom is -0.338 e. The Balaban J connectivity index is 1.76. The summed E-state index contributed by atoms with van der Waals surface area (Å²) in [6.45, 7) is 5.73. The third-order valence-electron chi connectivity index (χ3n) is 6.94. The molecule has 33 heavy (non-hydrogen) atoms. The summed E-state index contributed by atoms with van der Waals surface area (Å²) in [4.78, 5) is 30.3. The van der Waals surface area contributed by atoms with Crippen LogP contribution in [0.5, 0.6) is 0 Å². The van der Waals surface area contributed by atoms with Crippen molar-refractivity contribution in [3.63, 3.8) is 0 Å². The van der Waals surface area contributed by atoms with Gasteiger partial charge in [-0.25, -0.2) is 5.84 Å². The number of nitrogens with two attached hydrogens (primary N) is 1. The number of likely N-dealkylation sites (tertiary alicyclic amines) is 1. The van der Waals surface area contributed by atoms with Gasteiger partial charge in [0.05, 0.1) is 6.04 Å². The number of benzene rings is 1. The number of halogens is 1. The van der Waals surface area contributed by atoms with E-state index < -0.39 is 0 Å². The predicted molar refractivity (Wildman–Crippen MR) is 133 cm³/mol. The fraction of sp³-hybridized carbons (Fsp3) is 0.615. The average molecular weight is 475 g/mol. The van der Waals surface area contributed by atoms with Crippen LogP contribution in [0.25, 0.3) is 0 Å². The van der Waals surface area contributed by atoms with Crippen LogP contribution in [0.1, 0.15) is 70.8 Å². The van der Waals surface area contributed by atoms with Gasteiger partial charge in [-0.2, -0.15) is 0 Å². The van der Waals surface area contributed by atoms with Crippen LogP contribution in [-0.4, -0.2) is 58.3 Å². The van der Waals surface area contributed by atoms with Gasteiger partial charge in [-0.15, -0.1) is 0 Å². The van der Waals surface area contributed by atoms with Crippen molar-refractivity contribution in [1.29, 1.82) is 0 Å². The van der Waals surface area contributed by atoms with E-state index in [1.807, 2.05) is 35.2 Å². The lowest BCUT2D eigenvalue weighted by Gasteiger charge is -2.42. The molecule has 0 bridgehead atoms. The van der Waals surface area contributed by atoms with E-state index in [4.69, 9.17) is 17.4 Å². The van der Waals surface area contributed by atoms with Crippen molar-refractivity contribution in [2.75, 3.05) is 19.6 Å². The molecule has 2 unspecified atom stereocenters. The fourth-order valence-electron chi connectivity index (χ4n) is 4.93. The van der Waals surface area contributed by atoms with Crippen LogP contribution in [0.2, 0.25) is 5.02 Å². The van der Waals surface area contributed by atoms with E-state index in [1.54, 1.807) is 9.91 Å². The molecule has 2 heterocycles. The summed E-state index contributed by atoms with van der Waals surface area (Å²) in [5.41, 5.74) is 1.54.